The first-order valence-electron chi connectivity index (χ1n) is 15.0. The van der Waals surface area contributed by atoms with Gasteiger partial charge in [-0.1, -0.05) is 37.5 Å². The highest BCUT2D eigenvalue weighted by Gasteiger charge is 2.45. The monoisotopic (exact) mass is 709 g/mol. The summed E-state index contributed by atoms with van der Waals surface area (Å²) in [5.74, 6) is 2.11. The van der Waals surface area contributed by atoms with E-state index in [2.05, 4.69) is 46.4 Å². The molecule has 48 heavy (non-hydrogen) atoms. The molecule has 3 rings (SSSR count). The molecular weight excluding hydrogens is 668 g/mol. The van der Waals surface area contributed by atoms with Crippen LogP contribution >= 0.6 is 0 Å². The first kappa shape index (κ1) is 38.5. The molecule has 0 spiro atoms. The van der Waals surface area contributed by atoms with Gasteiger partial charge in [0.2, 0.25) is 21.9 Å². The van der Waals surface area contributed by atoms with Gasteiger partial charge in [-0.3, -0.25) is 0 Å². The third-order valence-electron chi connectivity index (χ3n) is 6.80. The van der Waals surface area contributed by atoms with Crippen LogP contribution in [0.1, 0.15) is 44.5 Å². The molecule has 0 N–H and O–H groups in total. The zero-order valence-corrected chi connectivity index (χ0v) is 30.3. The Labute approximate surface area is 281 Å². The Morgan fingerprint density at radius 3 is 2.50 bits per heavy atom. The molecule has 0 saturated carbocycles. The number of aromatic nitrogens is 2. The number of guanidine groups is 1. The van der Waals surface area contributed by atoms with Gasteiger partial charge in [-0.2, -0.15) is 0 Å². The molecule has 0 bridgehead atoms. The van der Waals surface area contributed by atoms with Crippen molar-refractivity contribution < 1.29 is 40.6 Å². The minimum Gasteiger partial charge on any atom is -0.463 e. The van der Waals surface area contributed by atoms with Crippen molar-refractivity contribution in [3.63, 3.8) is 0 Å². The minimum absolute atomic E-state index is 0.0516. The lowest BCUT2D eigenvalue weighted by atomic mass is 9.92. The largest absolute Gasteiger partial charge is 0.463 e. The van der Waals surface area contributed by atoms with Gasteiger partial charge in [-0.05, 0) is 57.5 Å². The van der Waals surface area contributed by atoms with Crippen molar-refractivity contribution in [2.45, 2.75) is 64.5 Å². The molecule has 1 aliphatic heterocycles. The number of benzene rings is 1. The summed E-state index contributed by atoms with van der Waals surface area (Å²) in [6, 6.07) is 4.46. The quantitative estimate of drug-likeness (QED) is 0.131. The minimum atomic E-state index is -4.16. The zero-order valence-electron chi connectivity index (χ0n) is 28.4. The maximum Gasteiger partial charge on any atom is 0.419 e. The second-order valence-electron chi connectivity index (χ2n) is 13.4. The summed E-state index contributed by atoms with van der Waals surface area (Å²) in [7, 11) is -4.41. The van der Waals surface area contributed by atoms with Gasteiger partial charge in [0.15, 0.2) is 12.4 Å². The lowest BCUT2D eigenvalue weighted by Crippen LogP contribution is -2.56. The van der Waals surface area contributed by atoms with Crippen LogP contribution in [0.15, 0.2) is 35.6 Å². The first-order chi connectivity index (χ1) is 22.2. The summed E-state index contributed by atoms with van der Waals surface area (Å²) >= 11 is 0. The predicted octanol–water partition coefficient (Wildman–Crippen LogP) is 5.83. The number of amides is 1. The number of alkyl halides is 1. The lowest BCUT2D eigenvalue weighted by Gasteiger charge is -2.39. The van der Waals surface area contributed by atoms with E-state index < -0.39 is 59.4 Å². The number of hydrogen-bond acceptors (Lipinski definition) is 9. The first-order valence-corrected chi connectivity index (χ1v) is 20.4. The van der Waals surface area contributed by atoms with Crippen molar-refractivity contribution in [2.75, 3.05) is 39.4 Å². The summed E-state index contributed by atoms with van der Waals surface area (Å²) in [4.78, 5) is 26.9. The standard InChI is InChI=1S/C32H42F3N5O6SSi/c1-31(2,3)46-30(41)40(22-44-15-16-48(6,7)8)29-38-32(4,21-47(42,43)39(29)5)24-17-23(11-12-25(24)34)18-26(35)27-19-37-28(20-36-27)45-14-10-9-13-33/h11-12,17-20H,13-16,21-22H2,1-8H3/b26-18-/t32-/m0/s1. The number of carbonyl (C=O) groups excluding carboxylic acids is 1. The van der Waals surface area contributed by atoms with Crippen LogP contribution in [0.5, 0.6) is 5.88 Å². The van der Waals surface area contributed by atoms with Crippen LogP contribution in [0.4, 0.5) is 18.0 Å². The van der Waals surface area contributed by atoms with Gasteiger partial charge in [0.05, 0.1) is 18.1 Å². The third-order valence-corrected chi connectivity index (χ3v) is 10.4. The van der Waals surface area contributed by atoms with Crippen molar-refractivity contribution >= 4 is 42.1 Å². The Bertz CT molecular complexity index is 1700. The predicted molar refractivity (Wildman–Crippen MR) is 180 cm³/mol. The third kappa shape index (κ3) is 10.8. The molecule has 0 aliphatic carbocycles. The van der Waals surface area contributed by atoms with Crippen LogP contribution in [0.25, 0.3) is 11.9 Å². The normalized spacial score (nSPS) is 18.0. The highest BCUT2D eigenvalue weighted by molar-refractivity contribution is 7.89. The smallest absolute Gasteiger partial charge is 0.419 e. The summed E-state index contributed by atoms with van der Waals surface area (Å²) in [5, 5.41) is 0. The Morgan fingerprint density at radius 2 is 1.90 bits per heavy atom. The fourth-order valence-corrected chi connectivity index (χ4v) is 6.57. The average molecular weight is 710 g/mol. The van der Waals surface area contributed by atoms with Crippen LogP contribution < -0.4 is 4.74 Å². The number of sulfonamides is 1. The number of aliphatic imine (C=N–C) groups is 1. The van der Waals surface area contributed by atoms with Crippen LogP contribution in [-0.4, -0.2) is 92.7 Å². The van der Waals surface area contributed by atoms with E-state index in [1.807, 2.05) is 0 Å². The SMILES string of the molecule is CN1C(N(COCC[Si](C)(C)C)C(=O)OC(C)(C)C)=N[C@](C)(c2cc(/C=C(\F)c3cnc(OCC#CCF)cn3)ccc2F)CS1(=O)=O. The molecule has 11 nitrogen and oxygen atoms in total. The summed E-state index contributed by atoms with van der Waals surface area (Å²) < 4.78 is 87.3. The number of carbonyl (C=O) groups is 1. The van der Waals surface area contributed by atoms with E-state index in [0.717, 1.165) is 33.6 Å². The fourth-order valence-electron chi connectivity index (χ4n) is 4.30. The molecule has 1 aromatic heterocycles. The van der Waals surface area contributed by atoms with E-state index in [1.165, 1.54) is 32.3 Å². The Kier molecular flexibility index (Phi) is 12.4. The maximum absolute atomic E-state index is 15.5. The van der Waals surface area contributed by atoms with Gasteiger partial charge < -0.3 is 14.2 Å². The molecule has 262 valence electrons. The summed E-state index contributed by atoms with van der Waals surface area (Å²) in [5.41, 5.74) is -2.79. The van der Waals surface area contributed by atoms with Gasteiger partial charge in [-0.25, -0.2) is 50.5 Å². The average Bonchev–Trinajstić information content (AvgIpc) is 2.97. The van der Waals surface area contributed by atoms with Crippen LogP contribution in [0, 0.1) is 17.7 Å². The van der Waals surface area contributed by atoms with E-state index in [9.17, 15) is 17.6 Å². The lowest BCUT2D eigenvalue weighted by molar-refractivity contribution is 0.00806. The summed E-state index contributed by atoms with van der Waals surface area (Å²) in [6.07, 6.45) is 2.47. The number of nitrogens with zero attached hydrogens (tertiary/aromatic N) is 5. The molecule has 0 fully saturated rings. The highest BCUT2D eigenvalue weighted by Crippen LogP contribution is 2.36. The molecule has 0 unspecified atom stereocenters. The number of ether oxygens (including phenoxy) is 3. The zero-order chi connectivity index (χ0) is 35.9. The van der Waals surface area contributed by atoms with Crippen molar-refractivity contribution in [3.05, 3.63) is 53.2 Å². The van der Waals surface area contributed by atoms with Crippen molar-refractivity contribution in [3.8, 4) is 17.7 Å². The number of rotatable bonds is 10. The van der Waals surface area contributed by atoms with Crippen molar-refractivity contribution in [1.82, 2.24) is 19.2 Å². The van der Waals surface area contributed by atoms with Crippen LogP contribution in [0.2, 0.25) is 25.7 Å². The van der Waals surface area contributed by atoms with E-state index in [4.69, 9.17) is 14.2 Å². The highest BCUT2D eigenvalue weighted by atomic mass is 32.2. The van der Waals surface area contributed by atoms with E-state index >= 15 is 8.78 Å². The maximum atomic E-state index is 15.5. The van der Waals surface area contributed by atoms with Crippen molar-refractivity contribution in [1.29, 1.82) is 0 Å². The van der Waals surface area contributed by atoms with E-state index in [0.29, 0.717) is 6.61 Å². The topological polar surface area (TPSA) is 124 Å². The van der Waals surface area contributed by atoms with Gasteiger partial charge >= 0.3 is 6.09 Å². The van der Waals surface area contributed by atoms with Gasteiger partial charge in [0.25, 0.3) is 0 Å². The second-order valence-corrected chi connectivity index (χ2v) is 21.0. The summed E-state index contributed by atoms with van der Waals surface area (Å²) in [6.45, 7) is 11.9. The van der Waals surface area contributed by atoms with Gasteiger partial charge in [-0.15, -0.1) is 0 Å². The number of halogens is 3. The Balaban J connectivity index is 2.01. The molecule has 1 amide bonds. The fraction of sp³-hybridized carbons (Fsp3) is 0.500. The molecule has 0 saturated heterocycles. The molecular formula is C32H42F3N5O6SSi. The molecule has 0 radical (unpaired) electrons. The molecule has 2 heterocycles. The van der Waals surface area contributed by atoms with Crippen molar-refractivity contribution in [2.24, 2.45) is 4.99 Å². The molecule has 16 heteroatoms. The Hall–Kier alpha value is -3.94. The second kappa shape index (κ2) is 15.5. The van der Waals surface area contributed by atoms with Gasteiger partial charge in [0.1, 0.15) is 36.1 Å². The molecule has 1 atom stereocenters. The molecule has 2 aromatic rings. The van der Waals surface area contributed by atoms with Crippen LogP contribution in [0.3, 0.4) is 0 Å². The van der Waals surface area contributed by atoms with E-state index in [-0.39, 0.29) is 42.0 Å². The Morgan fingerprint density at radius 1 is 1.19 bits per heavy atom. The number of hydrogen-bond donors (Lipinski definition) is 0. The van der Waals surface area contributed by atoms with Gasteiger partial charge in [0, 0.05) is 27.3 Å². The molecule has 1 aromatic carbocycles. The van der Waals surface area contributed by atoms with E-state index in [1.54, 1.807) is 20.8 Å². The molecule has 1 aliphatic rings. The van der Waals surface area contributed by atoms with Crippen LogP contribution in [-0.2, 0) is 25.0 Å².